The number of thiophene rings is 1. The third-order valence-corrected chi connectivity index (χ3v) is 4.99. The number of nitrogens with zero attached hydrogens (tertiary/aromatic N) is 2. The molecular weight excluding hydrogens is 312 g/mol. The largest absolute Gasteiger partial charge is 0.465 e. The van der Waals surface area contributed by atoms with Gasteiger partial charge in [-0.15, -0.1) is 11.3 Å². The zero-order valence-corrected chi connectivity index (χ0v) is 13.9. The van der Waals surface area contributed by atoms with E-state index in [-0.39, 0.29) is 12.4 Å². The summed E-state index contributed by atoms with van der Waals surface area (Å²) >= 11 is 1.56. The summed E-state index contributed by atoms with van der Waals surface area (Å²) in [5.41, 5.74) is 0. The van der Waals surface area contributed by atoms with Crippen LogP contribution in [0.2, 0.25) is 0 Å². The quantitative estimate of drug-likeness (QED) is 0.593. The lowest BCUT2D eigenvalue weighted by Crippen LogP contribution is -2.21. The predicted molar refractivity (Wildman–Crippen MR) is 87.9 cm³/mol. The fourth-order valence-corrected chi connectivity index (χ4v) is 3.23. The van der Waals surface area contributed by atoms with E-state index in [4.69, 9.17) is 9.26 Å². The second-order valence-corrected chi connectivity index (χ2v) is 6.80. The molecule has 0 radical (unpaired) electrons. The second kappa shape index (κ2) is 7.55. The Morgan fingerprint density at radius 1 is 1.43 bits per heavy atom. The van der Waals surface area contributed by atoms with Crippen LogP contribution in [0.3, 0.4) is 0 Å². The van der Waals surface area contributed by atoms with E-state index in [9.17, 15) is 4.79 Å². The number of aromatic nitrogens is 2. The standard InChI is InChI=1S/C17H20N2O3S/c1-12-5-2-3-6-13(12)11-21-16(20)9-8-15-18-17(19-22-15)14-7-4-10-23-14/h2-4,7,10,12-13H,5-6,8-9,11H2,1H3. The van der Waals surface area contributed by atoms with Crippen LogP contribution in [0.4, 0.5) is 0 Å². The van der Waals surface area contributed by atoms with E-state index in [1.54, 1.807) is 11.3 Å². The highest BCUT2D eigenvalue weighted by Gasteiger charge is 2.20. The first-order valence-corrected chi connectivity index (χ1v) is 8.77. The first-order chi connectivity index (χ1) is 11.2. The number of carbonyl (C=O) groups excluding carboxylic acids is 1. The molecule has 0 aromatic carbocycles. The lowest BCUT2D eigenvalue weighted by Gasteiger charge is -2.24. The van der Waals surface area contributed by atoms with Crippen molar-refractivity contribution in [1.82, 2.24) is 10.1 Å². The summed E-state index contributed by atoms with van der Waals surface area (Å²) in [5.74, 6) is 1.84. The molecule has 5 nitrogen and oxygen atoms in total. The monoisotopic (exact) mass is 332 g/mol. The average molecular weight is 332 g/mol. The SMILES string of the molecule is CC1CC=CCC1COC(=O)CCc1nc(-c2cccs2)no1. The summed E-state index contributed by atoms with van der Waals surface area (Å²) in [6.45, 7) is 2.70. The van der Waals surface area contributed by atoms with Gasteiger partial charge >= 0.3 is 5.97 Å². The fraction of sp³-hybridized carbons (Fsp3) is 0.471. The van der Waals surface area contributed by atoms with Crippen LogP contribution in [-0.2, 0) is 16.0 Å². The number of allylic oxidation sites excluding steroid dienone is 2. The van der Waals surface area contributed by atoms with Gasteiger partial charge in [-0.05, 0) is 36.1 Å². The van der Waals surface area contributed by atoms with Gasteiger partial charge in [-0.1, -0.05) is 30.3 Å². The van der Waals surface area contributed by atoms with Crippen molar-refractivity contribution in [2.45, 2.75) is 32.6 Å². The summed E-state index contributed by atoms with van der Waals surface area (Å²) in [5, 5.41) is 5.89. The first kappa shape index (κ1) is 15.9. The molecular formula is C17H20N2O3S. The van der Waals surface area contributed by atoms with E-state index in [0.717, 1.165) is 17.7 Å². The summed E-state index contributed by atoms with van der Waals surface area (Å²) < 4.78 is 10.6. The number of carbonyl (C=O) groups is 1. The maximum atomic E-state index is 11.9. The minimum atomic E-state index is -0.206. The predicted octanol–water partition coefficient (Wildman–Crippen LogP) is 3.88. The number of aryl methyl sites for hydroxylation is 1. The molecule has 0 saturated heterocycles. The Hall–Kier alpha value is -1.95. The van der Waals surface area contributed by atoms with Crippen molar-refractivity contribution >= 4 is 17.3 Å². The van der Waals surface area contributed by atoms with Gasteiger partial charge in [-0.25, -0.2) is 0 Å². The number of ether oxygens (including phenoxy) is 1. The Bertz CT molecular complexity index is 663. The van der Waals surface area contributed by atoms with Crippen molar-refractivity contribution in [2.24, 2.45) is 11.8 Å². The minimum absolute atomic E-state index is 0.206. The Balaban J connectivity index is 1.43. The molecule has 2 heterocycles. The van der Waals surface area contributed by atoms with Gasteiger partial charge in [0.25, 0.3) is 0 Å². The molecule has 0 saturated carbocycles. The van der Waals surface area contributed by atoms with Gasteiger partial charge < -0.3 is 9.26 Å². The lowest BCUT2D eigenvalue weighted by atomic mass is 9.85. The van der Waals surface area contributed by atoms with Gasteiger partial charge in [0.2, 0.25) is 11.7 Å². The minimum Gasteiger partial charge on any atom is -0.465 e. The highest BCUT2D eigenvalue weighted by molar-refractivity contribution is 7.13. The van der Waals surface area contributed by atoms with E-state index < -0.39 is 0 Å². The van der Waals surface area contributed by atoms with Crippen molar-refractivity contribution in [1.29, 1.82) is 0 Å². The molecule has 0 N–H and O–H groups in total. The van der Waals surface area contributed by atoms with Crippen molar-refractivity contribution in [3.8, 4) is 10.7 Å². The first-order valence-electron chi connectivity index (χ1n) is 7.89. The third-order valence-electron chi connectivity index (χ3n) is 4.13. The van der Waals surface area contributed by atoms with Crippen LogP contribution < -0.4 is 0 Å². The van der Waals surface area contributed by atoms with E-state index in [2.05, 4.69) is 29.2 Å². The molecule has 6 heteroatoms. The fourth-order valence-electron chi connectivity index (χ4n) is 2.58. The van der Waals surface area contributed by atoms with Crippen LogP contribution in [0.1, 0.15) is 32.1 Å². The topological polar surface area (TPSA) is 65.2 Å². The molecule has 2 aromatic rings. The van der Waals surface area contributed by atoms with E-state index in [1.165, 1.54) is 0 Å². The van der Waals surface area contributed by atoms with Gasteiger partial charge in [0, 0.05) is 6.42 Å². The summed E-state index contributed by atoms with van der Waals surface area (Å²) in [6.07, 6.45) is 7.10. The molecule has 122 valence electrons. The van der Waals surface area contributed by atoms with Crippen LogP contribution in [-0.4, -0.2) is 22.7 Å². The van der Waals surface area contributed by atoms with Crippen molar-refractivity contribution < 1.29 is 14.1 Å². The molecule has 23 heavy (non-hydrogen) atoms. The molecule has 1 aliphatic carbocycles. The van der Waals surface area contributed by atoms with Crippen molar-refractivity contribution in [2.75, 3.05) is 6.61 Å². The molecule has 0 bridgehead atoms. The maximum absolute atomic E-state index is 11.9. The third kappa shape index (κ3) is 4.28. The van der Waals surface area contributed by atoms with Crippen LogP contribution >= 0.6 is 11.3 Å². The van der Waals surface area contributed by atoms with E-state index in [0.29, 0.717) is 36.6 Å². The van der Waals surface area contributed by atoms with Gasteiger partial charge in [0.15, 0.2) is 0 Å². The lowest BCUT2D eigenvalue weighted by molar-refractivity contribution is -0.145. The Kier molecular flexibility index (Phi) is 5.23. The van der Waals surface area contributed by atoms with Crippen LogP contribution in [0.25, 0.3) is 10.7 Å². The van der Waals surface area contributed by atoms with Gasteiger partial charge in [-0.3, -0.25) is 4.79 Å². The second-order valence-electron chi connectivity index (χ2n) is 5.85. The summed E-state index contributed by atoms with van der Waals surface area (Å²) in [6, 6.07) is 3.88. The van der Waals surface area contributed by atoms with Gasteiger partial charge in [0.05, 0.1) is 17.9 Å². The van der Waals surface area contributed by atoms with Crippen LogP contribution in [0, 0.1) is 11.8 Å². The smallest absolute Gasteiger partial charge is 0.306 e. The number of hydrogen-bond acceptors (Lipinski definition) is 6. The highest BCUT2D eigenvalue weighted by atomic mass is 32.1. The molecule has 2 atom stereocenters. The normalized spacial score (nSPS) is 20.6. The molecule has 0 spiro atoms. The molecule has 2 unspecified atom stereocenters. The molecule has 3 rings (SSSR count). The van der Waals surface area contributed by atoms with E-state index >= 15 is 0 Å². The number of rotatable bonds is 6. The molecule has 2 aromatic heterocycles. The van der Waals surface area contributed by atoms with E-state index in [1.807, 2.05) is 17.5 Å². The highest BCUT2D eigenvalue weighted by Crippen LogP contribution is 2.25. The number of esters is 1. The molecule has 0 amide bonds. The molecule has 0 aliphatic heterocycles. The zero-order chi connectivity index (χ0) is 16.1. The maximum Gasteiger partial charge on any atom is 0.306 e. The van der Waals surface area contributed by atoms with Crippen LogP contribution in [0.15, 0.2) is 34.2 Å². The molecule has 0 fully saturated rings. The molecule has 1 aliphatic rings. The summed E-state index contributed by atoms with van der Waals surface area (Å²) in [7, 11) is 0. The van der Waals surface area contributed by atoms with Crippen molar-refractivity contribution in [3.63, 3.8) is 0 Å². The van der Waals surface area contributed by atoms with Gasteiger partial charge in [-0.2, -0.15) is 4.98 Å². The Morgan fingerprint density at radius 3 is 3.09 bits per heavy atom. The average Bonchev–Trinajstić information content (AvgIpc) is 3.23. The summed E-state index contributed by atoms with van der Waals surface area (Å²) in [4.78, 5) is 17.1. The number of hydrogen-bond donors (Lipinski definition) is 0. The Morgan fingerprint density at radius 2 is 2.30 bits per heavy atom. The Labute approximate surface area is 139 Å². The van der Waals surface area contributed by atoms with Gasteiger partial charge in [0.1, 0.15) is 0 Å². The zero-order valence-electron chi connectivity index (χ0n) is 13.1. The van der Waals surface area contributed by atoms with Crippen molar-refractivity contribution in [3.05, 3.63) is 35.6 Å². The van der Waals surface area contributed by atoms with Crippen LogP contribution in [0.5, 0.6) is 0 Å².